The molecule has 3 aromatic carbocycles. The first kappa shape index (κ1) is 20.7. The van der Waals surface area contributed by atoms with E-state index >= 15 is 0 Å². The molecular formula is C24H24N2O2S. The van der Waals surface area contributed by atoms with Crippen LogP contribution >= 0.6 is 11.8 Å². The molecule has 0 saturated heterocycles. The SMILES string of the molecule is CC(=O)Nc1ccc(SC(C(=O)Nc2ccc(C)cc2C)c2ccccc2)cc1. The summed E-state index contributed by atoms with van der Waals surface area (Å²) >= 11 is 1.48. The molecule has 4 nitrogen and oxygen atoms in total. The van der Waals surface area contributed by atoms with E-state index < -0.39 is 5.25 Å². The lowest BCUT2D eigenvalue weighted by Crippen LogP contribution is -2.19. The summed E-state index contributed by atoms with van der Waals surface area (Å²) in [4.78, 5) is 25.3. The molecule has 0 aliphatic heterocycles. The molecule has 0 radical (unpaired) electrons. The smallest absolute Gasteiger partial charge is 0.242 e. The van der Waals surface area contributed by atoms with Crippen LogP contribution in [-0.2, 0) is 9.59 Å². The second-order valence-electron chi connectivity index (χ2n) is 6.92. The van der Waals surface area contributed by atoms with Gasteiger partial charge in [-0.05, 0) is 55.3 Å². The van der Waals surface area contributed by atoms with Gasteiger partial charge in [-0.2, -0.15) is 0 Å². The van der Waals surface area contributed by atoms with Crippen molar-refractivity contribution in [3.8, 4) is 0 Å². The summed E-state index contributed by atoms with van der Waals surface area (Å²) < 4.78 is 0. The standard InChI is InChI=1S/C24H24N2O2S/c1-16-9-14-22(17(2)15-16)26-24(28)23(19-7-5-4-6-8-19)29-21-12-10-20(11-13-21)25-18(3)27/h4-15,23H,1-3H3,(H,25,27)(H,26,28). The Morgan fingerprint density at radius 1 is 0.862 bits per heavy atom. The van der Waals surface area contributed by atoms with Crippen molar-refractivity contribution in [2.45, 2.75) is 30.9 Å². The molecule has 0 bridgehead atoms. The molecule has 2 amide bonds. The summed E-state index contributed by atoms with van der Waals surface area (Å²) in [5, 5.41) is 5.43. The Bertz CT molecular complexity index is 1000. The minimum absolute atomic E-state index is 0.0703. The van der Waals surface area contributed by atoms with Crippen LogP contribution in [0.15, 0.2) is 77.7 Å². The number of carbonyl (C=O) groups excluding carboxylic acids is 2. The lowest BCUT2D eigenvalue weighted by Gasteiger charge is -2.18. The number of benzene rings is 3. The summed E-state index contributed by atoms with van der Waals surface area (Å²) in [6.07, 6.45) is 0. The highest BCUT2D eigenvalue weighted by Crippen LogP contribution is 2.37. The number of hydrogen-bond donors (Lipinski definition) is 2. The highest BCUT2D eigenvalue weighted by atomic mass is 32.2. The van der Waals surface area contributed by atoms with E-state index in [2.05, 4.69) is 16.7 Å². The lowest BCUT2D eigenvalue weighted by molar-refractivity contribution is -0.116. The number of carbonyl (C=O) groups is 2. The van der Waals surface area contributed by atoms with Crippen LogP contribution in [0.5, 0.6) is 0 Å². The molecular weight excluding hydrogens is 380 g/mol. The van der Waals surface area contributed by atoms with Crippen molar-refractivity contribution in [2.24, 2.45) is 0 Å². The first-order chi connectivity index (χ1) is 13.9. The summed E-state index contributed by atoms with van der Waals surface area (Å²) in [6, 6.07) is 23.2. The molecule has 0 heterocycles. The van der Waals surface area contributed by atoms with Gasteiger partial charge in [-0.1, -0.05) is 48.0 Å². The largest absolute Gasteiger partial charge is 0.326 e. The number of aryl methyl sites for hydroxylation is 2. The molecule has 1 unspecified atom stereocenters. The molecule has 3 rings (SSSR count). The van der Waals surface area contributed by atoms with Crippen molar-refractivity contribution in [2.75, 3.05) is 10.6 Å². The molecule has 5 heteroatoms. The average Bonchev–Trinajstić information content (AvgIpc) is 2.69. The van der Waals surface area contributed by atoms with Crippen LogP contribution < -0.4 is 10.6 Å². The van der Waals surface area contributed by atoms with Gasteiger partial charge in [-0.3, -0.25) is 9.59 Å². The van der Waals surface area contributed by atoms with Gasteiger partial charge in [0.1, 0.15) is 5.25 Å². The van der Waals surface area contributed by atoms with Crippen LogP contribution in [0.4, 0.5) is 11.4 Å². The Kier molecular flexibility index (Phi) is 6.73. The number of nitrogens with one attached hydrogen (secondary N) is 2. The van der Waals surface area contributed by atoms with Gasteiger partial charge in [-0.15, -0.1) is 11.8 Å². The predicted octanol–water partition coefficient (Wildman–Crippen LogP) is 5.73. The normalized spacial score (nSPS) is 11.6. The maximum absolute atomic E-state index is 13.2. The predicted molar refractivity (Wildman–Crippen MR) is 120 cm³/mol. The fourth-order valence-electron chi connectivity index (χ4n) is 3.01. The third-order valence-electron chi connectivity index (χ3n) is 4.41. The minimum atomic E-state index is -0.400. The zero-order chi connectivity index (χ0) is 20.8. The zero-order valence-corrected chi connectivity index (χ0v) is 17.5. The van der Waals surface area contributed by atoms with E-state index in [4.69, 9.17) is 0 Å². The van der Waals surface area contributed by atoms with Gasteiger partial charge in [0.2, 0.25) is 11.8 Å². The molecule has 3 aromatic rings. The molecule has 29 heavy (non-hydrogen) atoms. The number of amides is 2. The van der Waals surface area contributed by atoms with Gasteiger partial charge in [0.15, 0.2) is 0 Å². The van der Waals surface area contributed by atoms with E-state index in [-0.39, 0.29) is 11.8 Å². The fourth-order valence-corrected chi connectivity index (χ4v) is 4.03. The van der Waals surface area contributed by atoms with Crippen molar-refractivity contribution < 1.29 is 9.59 Å². The van der Waals surface area contributed by atoms with Gasteiger partial charge in [-0.25, -0.2) is 0 Å². The molecule has 0 aromatic heterocycles. The Morgan fingerprint density at radius 3 is 2.17 bits per heavy atom. The van der Waals surface area contributed by atoms with E-state index in [9.17, 15) is 9.59 Å². The molecule has 0 saturated carbocycles. The van der Waals surface area contributed by atoms with Gasteiger partial charge in [0.25, 0.3) is 0 Å². The van der Waals surface area contributed by atoms with Gasteiger partial charge >= 0.3 is 0 Å². The molecule has 1 atom stereocenters. The van der Waals surface area contributed by atoms with Crippen LogP contribution in [0, 0.1) is 13.8 Å². The van der Waals surface area contributed by atoms with Gasteiger partial charge in [0, 0.05) is 23.2 Å². The van der Waals surface area contributed by atoms with Crippen LogP contribution in [0.1, 0.15) is 28.9 Å². The van der Waals surface area contributed by atoms with Crippen molar-refractivity contribution in [1.29, 1.82) is 0 Å². The van der Waals surface area contributed by atoms with E-state index in [0.29, 0.717) is 0 Å². The Labute approximate surface area is 175 Å². The number of thioether (sulfide) groups is 1. The molecule has 148 valence electrons. The van der Waals surface area contributed by atoms with Crippen LogP contribution in [0.2, 0.25) is 0 Å². The summed E-state index contributed by atoms with van der Waals surface area (Å²) in [7, 11) is 0. The Balaban J connectivity index is 1.83. The van der Waals surface area contributed by atoms with Crippen molar-refractivity contribution in [1.82, 2.24) is 0 Å². The van der Waals surface area contributed by atoms with Crippen LogP contribution in [-0.4, -0.2) is 11.8 Å². The summed E-state index contributed by atoms with van der Waals surface area (Å²) in [6.45, 7) is 5.51. The zero-order valence-electron chi connectivity index (χ0n) is 16.7. The molecule has 0 spiro atoms. The molecule has 2 N–H and O–H groups in total. The topological polar surface area (TPSA) is 58.2 Å². The maximum atomic E-state index is 13.2. The number of rotatable bonds is 6. The van der Waals surface area contributed by atoms with Crippen LogP contribution in [0.25, 0.3) is 0 Å². The van der Waals surface area contributed by atoms with Crippen molar-refractivity contribution in [3.05, 3.63) is 89.5 Å². The minimum Gasteiger partial charge on any atom is -0.326 e. The quantitative estimate of drug-likeness (QED) is 0.516. The number of anilines is 2. The maximum Gasteiger partial charge on any atom is 0.242 e. The molecule has 0 aliphatic carbocycles. The summed E-state index contributed by atoms with van der Waals surface area (Å²) in [5.41, 5.74) is 4.69. The van der Waals surface area contributed by atoms with Crippen LogP contribution in [0.3, 0.4) is 0 Å². The second-order valence-corrected chi connectivity index (χ2v) is 8.10. The first-order valence-electron chi connectivity index (χ1n) is 9.40. The third kappa shape index (κ3) is 5.72. The Morgan fingerprint density at radius 2 is 1.55 bits per heavy atom. The highest BCUT2D eigenvalue weighted by molar-refractivity contribution is 8.00. The van der Waals surface area contributed by atoms with Gasteiger partial charge in [0.05, 0.1) is 0 Å². The average molecular weight is 405 g/mol. The molecule has 0 aliphatic rings. The van der Waals surface area contributed by atoms with Gasteiger partial charge < -0.3 is 10.6 Å². The summed E-state index contributed by atoms with van der Waals surface area (Å²) in [5.74, 6) is -0.181. The van der Waals surface area contributed by atoms with E-state index in [1.54, 1.807) is 0 Å². The lowest BCUT2D eigenvalue weighted by atomic mass is 10.1. The highest BCUT2D eigenvalue weighted by Gasteiger charge is 2.22. The van der Waals surface area contributed by atoms with Crippen molar-refractivity contribution >= 4 is 35.0 Å². The van der Waals surface area contributed by atoms with E-state index in [0.717, 1.165) is 33.0 Å². The van der Waals surface area contributed by atoms with Crippen molar-refractivity contribution in [3.63, 3.8) is 0 Å². The molecule has 0 fully saturated rings. The fraction of sp³-hybridized carbons (Fsp3) is 0.167. The van der Waals surface area contributed by atoms with E-state index in [1.165, 1.54) is 18.7 Å². The number of hydrogen-bond acceptors (Lipinski definition) is 3. The monoisotopic (exact) mass is 404 g/mol. The Hall–Kier alpha value is -3.05. The van der Waals surface area contributed by atoms with E-state index in [1.807, 2.05) is 80.6 Å². The third-order valence-corrected chi connectivity index (χ3v) is 5.68. The first-order valence-corrected chi connectivity index (χ1v) is 10.3. The second kappa shape index (κ2) is 9.43.